The second-order valence-electron chi connectivity index (χ2n) is 8.26. The standard InChI is InChI=1S/C25H25N3O3S2/c1-16(2)33(30,31)21-10-8-19(9-11-21)24(29)28(15-20-7-5-6-12-26-20)25-27-23-18(4)13-17(3)14-22(23)32-25/h5-14,16H,15H2,1-4H3. The number of hydrogen-bond donors (Lipinski definition) is 0. The average Bonchev–Trinajstić information content (AvgIpc) is 3.22. The number of amides is 1. The van der Waals surface area contributed by atoms with Gasteiger partial charge in [-0.3, -0.25) is 14.7 Å². The molecule has 2 aromatic heterocycles. The van der Waals surface area contributed by atoms with Crippen LogP contribution in [0.4, 0.5) is 5.13 Å². The number of carbonyl (C=O) groups excluding carboxylic acids is 1. The number of nitrogens with zero attached hydrogens (tertiary/aromatic N) is 3. The van der Waals surface area contributed by atoms with Crippen LogP contribution in [0, 0.1) is 13.8 Å². The Balaban J connectivity index is 1.75. The predicted molar refractivity (Wildman–Crippen MR) is 133 cm³/mol. The molecule has 0 unspecified atom stereocenters. The Morgan fingerprint density at radius 1 is 1.06 bits per heavy atom. The van der Waals surface area contributed by atoms with Gasteiger partial charge < -0.3 is 0 Å². The quantitative estimate of drug-likeness (QED) is 0.373. The summed E-state index contributed by atoms with van der Waals surface area (Å²) < 4.78 is 25.9. The highest BCUT2D eigenvalue weighted by Crippen LogP contribution is 2.33. The van der Waals surface area contributed by atoms with E-state index in [0.717, 1.165) is 27.0 Å². The van der Waals surface area contributed by atoms with Crippen LogP contribution >= 0.6 is 11.3 Å². The van der Waals surface area contributed by atoms with Crippen LogP contribution in [0.1, 0.15) is 41.0 Å². The lowest BCUT2D eigenvalue weighted by molar-refractivity contribution is 0.0984. The van der Waals surface area contributed by atoms with E-state index in [4.69, 9.17) is 4.98 Å². The Hall–Kier alpha value is -3.10. The molecule has 0 spiro atoms. The molecule has 0 aliphatic carbocycles. The van der Waals surface area contributed by atoms with Gasteiger partial charge in [0.2, 0.25) is 0 Å². The summed E-state index contributed by atoms with van der Waals surface area (Å²) in [5.41, 5.74) is 4.19. The Kier molecular flexibility index (Phi) is 6.32. The molecule has 0 fully saturated rings. The largest absolute Gasteiger partial charge is 0.278 e. The summed E-state index contributed by atoms with van der Waals surface area (Å²) in [5.74, 6) is -0.262. The number of aryl methyl sites for hydroxylation is 2. The fourth-order valence-corrected chi connectivity index (χ4v) is 5.77. The molecule has 2 heterocycles. The molecule has 0 saturated heterocycles. The highest BCUT2D eigenvalue weighted by atomic mass is 32.2. The monoisotopic (exact) mass is 479 g/mol. The van der Waals surface area contributed by atoms with Gasteiger partial charge in [0.15, 0.2) is 15.0 Å². The molecule has 33 heavy (non-hydrogen) atoms. The van der Waals surface area contributed by atoms with E-state index in [1.807, 2.05) is 32.0 Å². The molecule has 0 radical (unpaired) electrons. The van der Waals surface area contributed by atoms with Crippen molar-refractivity contribution < 1.29 is 13.2 Å². The number of sulfone groups is 1. The minimum absolute atomic E-state index is 0.205. The van der Waals surface area contributed by atoms with Crippen molar-refractivity contribution in [2.24, 2.45) is 0 Å². The van der Waals surface area contributed by atoms with Gasteiger partial charge in [-0.05, 0) is 81.3 Å². The molecule has 0 bridgehead atoms. The maximum Gasteiger partial charge on any atom is 0.260 e. The topological polar surface area (TPSA) is 80.2 Å². The molecule has 6 nitrogen and oxygen atoms in total. The summed E-state index contributed by atoms with van der Waals surface area (Å²) in [6.45, 7) is 7.58. The summed E-state index contributed by atoms with van der Waals surface area (Å²) >= 11 is 1.46. The van der Waals surface area contributed by atoms with E-state index < -0.39 is 15.1 Å². The highest BCUT2D eigenvalue weighted by molar-refractivity contribution is 7.92. The smallest absolute Gasteiger partial charge is 0.260 e. The van der Waals surface area contributed by atoms with E-state index in [0.29, 0.717) is 10.7 Å². The molecule has 2 aromatic carbocycles. The molecule has 8 heteroatoms. The first-order valence-electron chi connectivity index (χ1n) is 10.6. The Bertz CT molecular complexity index is 1410. The predicted octanol–water partition coefficient (Wildman–Crippen LogP) is 5.34. The molecule has 0 aliphatic rings. The van der Waals surface area contributed by atoms with Gasteiger partial charge in [0.05, 0.1) is 32.6 Å². The summed E-state index contributed by atoms with van der Waals surface area (Å²) in [5, 5.41) is 0.0439. The van der Waals surface area contributed by atoms with Gasteiger partial charge in [-0.15, -0.1) is 0 Å². The van der Waals surface area contributed by atoms with Crippen LogP contribution in [0.25, 0.3) is 10.2 Å². The fourth-order valence-electron chi connectivity index (χ4n) is 3.57. The molecule has 0 aliphatic heterocycles. The molecule has 4 rings (SSSR count). The lowest BCUT2D eigenvalue weighted by Gasteiger charge is -2.20. The highest BCUT2D eigenvalue weighted by Gasteiger charge is 2.24. The van der Waals surface area contributed by atoms with Crippen LogP contribution in [-0.2, 0) is 16.4 Å². The van der Waals surface area contributed by atoms with Crippen molar-refractivity contribution in [3.63, 3.8) is 0 Å². The summed E-state index contributed by atoms with van der Waals surface area (Å²) in [6.07, 6.45) is 1.69. The zero-order valence-corrected chi connectivity index (χ0v) is 20.6. The molecule has 0 atom stereocenters. The van der Waals surface area contributed by atoms with Gasteiger partial charge in [-0.2, -0.15) is 0 Å². The average molecular weight is 480 g/mol. The third kappa shape index (κ3) is 4.67. The maximum atomic E-state index is 13.6. The molecule has 0 N–H and O–H groups in total. The first kappa shape index (κ1) is 23.1. The third-order valence-electron chi connectivity index (χ3n) is 5.39. The SMILES string of the molecule is Cc1cc(C)c2nc(N(Cc3ccccn3)C(=O)c3ccc(S(=O)(=O)C(C)C)cc3)sc2c1. The van der Waals surface area contributed by atoms with Crippen molar-refractivity contribution in [1.82, 2.24) is 9.97 Å². The van der Waals surface area contributed by atoms with Crippen LogP contribution in [-0.4, -0.2) is 29.5 Å². The zero-order valence-electron chi connectivity index (χ0n) is 18.9. The molecule has 4 aromatic rings. The number of benzene rings is 2. The van der Waals surface area contributed by atoms with Gasteiger partial charge in [0, 0.05) is 11.8 Å². The number of carbonyl (C=O) groups is 1. The third-order valence-corrected chi connectivity index (χ3v) is 8.59. The minimum Gasteiger partial charge on any atom is -0.278 e. The number of pyridine rings is 1. The van der Waals surface area contributed by atoms with Crippen molar-refractivity contribution in [3.05, 3.63) is 83.2 Å². The number of rotatable bonds is 6. The van der Waals surface area contributed by atoms with Crippen molar-refractivity contribution in [2.75, 3.05) is 4.90 Å². The van der Waals surface area contributed by atoms with Crippen LogP contribution in [0.3, 0.4) is 0 Å². The van der Waals surface area contributed by atoms with Crippen LogP contribution in [0.2, 0.25) is 0 Å². The number of hydrogen-bond acceptors (Lipinski definition) is 6. The zero-order chi connectivity index (χ0) is 23.8. The molecular weight excluding hydrogens is 454 g/mol. The van der Waals surface area contributed by atoms with Crippen LogP contribution in [0.15, 0.2) is 65.7 Å². The summed E-state index contributed by atoms with van der Waals surface area (Å²) in [6, 6.07) is 15.8. The Morgan fingerprint density at radius 3 is 2.42 bits per heavy atom. The summed E-state index contributed by atoms with van der Waals surface area (Å²) in [7, 11) is -3.41. The van der Waals surface area contributed by atoms with Crippen LogP contribution in [0.5, 0.6) is 0 Å². The van der Waals surface area contributed by atoms with E-state index in [9.17, 15) is 13.2 Å². The lowest BCUT2D eigenvalue weighted by atomic mass is 10.1. The van der Waals surface area contributed by atoms with Crippen molar-refractivity contribution in [2.45, 2.75) is 44.4 Å². The number of thiazole rings is 1. The molecular formula is C25H25N3O3S2. The number of anilines is 1. The van der Waals surface area contributed by atoms with E-state index in [-0.39, 0.29) is 17.3 Å². The van der Waals surface area contributed by atoms with Crippen molar-refractivity contribution in [1.29, 1.82) is 0 Å². The van der Waals surface area contributed by atoms with Gasteiger partial charge in [-0.1, -0.05) is 23.5 Å². The van der Waals surface area contributed by atoms with Gasteiger partial charge >= 0.3 is 0 Å². The van der Waals surface area contributed by atoms with Gasteiger partial charge in [0.25, 0.3) is 5.91 Å². The number of fused-ring (bicyclic) bond motifs is 1. The van der Waals surface area contributed by atoms with Crippen molar-refractivity contribution in [3.8, 4) is 0 Å². The number of aromatic nitrogens is 2. The van der Waals surface area contributed by atoms with Crippen LogP contribution < -0.4 is 4.90 Å². The normalized spacial score (nSPS) is 11.8. The molecule has 0 saturated carbocycles. The molecule has 1 amide bonds. The van der Waals surface area contributed by atoms with Crippen molar-refractivity contribution >= 4 is 42.4 Å². The summed E-state index contributed by atoms with van der Waals surface area (Å²) in [4.78, 5) is 24.6. The van der Waals surface area contributed by atoms with E-state index >= 15 is 0 Å². The molecule has 170 valence electrons. The van der Waals surface area contributed by atoms with Gasteiger partial charge in [0.1, 0.15) is 0 Å². The second-order valence-corrected chi connectivity index (χ2v) is 11.8. The minimum atomic E-state index is -3.41. The Morgan fingerprint density at radius 2 is 1.79 bits per heavy atom. The van der Waals surface area contributed by atoms with E-state index in [1.165, 1.54) is 23.5 Å². The van der Waals surface area contributed by atoms with E-state index in [1.54, 1.807) is 37.1 Å². The second kappa shape index (κ2) is 9.03. The first-order chi connectivity index (χ1) is 15.7. The fraction of sp³-hybridized carbons (Fsp3) is 0.240. The first-order valence-corrected chi connectivity index (χ1v) is 13.0. The lowest BCUT2D eigenvalue weighted by Crippen LogP contribution is -2.30. The van der Waals surface area contributed by atoms with Gasteiger partial charge in [-0.25, -0.2) is 13.4 Å². The maximum absolute atomic E-state index is 13.6. The Labute approximate surface area is 197 Å². The van der Waals surface area contributed by atoms with E-state index in [2.05, 4.69) is 17.1 Å².